The molecule has 1 aromatic heterocycles. The van der Waals surface area contributed by atoms with Gasteiger partial charge in [0.1, 0.15) is 22.9 Å². The monoisotopic (exact) mass is 349 g/mol. The Morgan fingerprint density at radius 1 is 1.04 bits per heavy atom. The summed E-state index contributed by atoms with van der Waals surface area (Å²) in [5.74, 6) is 1.09. The Balaban J connectivity index is 1.62. The number of hydrogen-bond acceptors (Lipinski definition) is 4. The molecule has 132 valence electrons. The van der Waals surface area contributed by atoms with E-state index < -0.39 is 0 Å². The average Bonchev–Trinajstić information content (AvgIpc) is 3.14. The molecule has 26 heavy (non-hydrogen) atoms. The highest BCUT2D eigenvalue weighted by Crippen LogP contribution is 2.21. The number of carbonyl (C=O) groups excluding carboxylic acids is 2. The number of para-hydroxylation sites is 1. The number of Topliss-reactive ketones (excluding diaryl/α,β-unsaturated/α-hetero) is 1. The van der Waals surface area contributed by atoms with E-state index >= 15 is 0 Å². The van der Waals surface area contributed by atoms with Gasteiger partial charge in [-0.3, -0.25) is 14.7 Å². The molecule has 0 fully saturated rings. The fourth-order valence-electron chi connectivity index (χ4n) is 2.45. The molecule has 0 bridgehead atoms. The van der Waals surface area contributed by atoms with E-state index in [1.54, 1.807) is 11.9 Å². The van der Waals surface area contributed by atoms with E-state index in [-0.39, 0.29) is 17.4 Å². The van der Waals surface area contributed by atoms with Crippen molar-refractivity contribution in [1.29, 1.82) is 0 Å². The van der Waals surface area contributed by atoms with Gasteiger partial charge in [-0.05, 0) is 35.9 Å². The molecule has 1 N–H and O–H groups in total. The Labute approximate surface area is 151 Å². The van der Waals surface area contributed by atoms with Crippen LogP contribution in [-0.2, 0) is 6.54 Å². The first-order chi connectivity index (χ1) is 12.5. The predicted molar refractivity (Wildman–Crippen MR) is 97.3 cm³/mol. The van der Waals surface area contributed by atoms with Gasteiger partial charge < -0.3 is 9.64 Å². The van der Waals surface area contributed by atoms with Gasteiger partial charge in [0.05, 0.1) is 0 Å². The second kappa shape index (κ2) is 7.65. The van der Waals surface area contributed by atoms with E-state index in [2.05, 4.69) is 10.2 Å². The first kappa shape index (κ1) is 17.4. The highest BCUT2D eigenvalue weighted by molar-refractivity contribution is 5.97. The quantitative estimate of drug-likeness (QED) is 0.689. The number of aromatic amines is 1. The lowest BCUT2D eigenvalue weighted by Crippen LogP contribution is -2.26. The normalized spacial score (nSPS) is 10.4. The van der Waals surface area contributed by atoms with Gasteiger partial charge in [0.25, 0.3) is 5.91 Å². The number of aromatic nitrogens is 2. The van der Waals surface area contributed by atoms with E-state index in [9.17, 15) is 9.59 Å². The molecular formula is C20H19N3O3. The minimum absolute atomic E-state index is 0.183. The number of rotatable bonds is 6. The SMILES string of the molecule is CC(=O)c1cc(C(=O)N(C)Cc2ccc(Oc3ccccc3)cc2)[nH]n1. The second-order valence-corrected chi connectivity index (χ2v) is 5.94. The number of hydrogen-bond donors (Lipinski definition) is 1. The minimum Gasteiger partial charge on any atom is -0.457 e. The highest BCUT2D eigenvalue weighted by Gasteiger charge is 2.16. The smallest absolute Gasteiger partial charge is 0.271 e. The van der Waals surface area contributed by atoms with Crippen molar-refractivity contribution in [2.45, 2.75) is 13.5 Å². The van der Waals surface area contributed by atoms with Gasteiger partial charge in [0, 0.05) is 20.5 Å². The molecule has 3 aromatic rings. The maximum absolute atomic E-state index is 12.4. The van der Waals surface area contributed by atoms with Crippen molar-refractivity contribution >= 4 is 11.7 Å². The average molecular weight is 349 g/mol. The first-order valence-electron chi connectivity index (χ1n) is 8.16. The molecule has 3 rings (SSSR count). The fraction of sp³-hybridized carbons (Fsp3) is 0.150. The van der Waals surface area contributed by atoms with Crippen LogP contribution in [0.2, 0.25) is 0 Å². The summed E-state index contributed by atoms with van der Waals surface area (Å²) in [5, 5.41) is 6.45. The van der Waals surface area contributed by atoms with Crippen molar-refractivity contribution in [2.75, 3.05) is 7.05 Å². The number of nitrogens with zero attached hydrogens (tertiary/aromatic N) is 2. The molecule has 2 aromatic carbocycles. The second-order valence-electron chi connectivity index (χ2n) is 5.94. The summed E-state index contributed by atoms with van der Waals surface area (Å²) in [6.07, 6.45) is 0. The van der Waals surface area contributed by atoms with E-state index in [1.165, 1.54) is 13.0 Å². The molecule has 0 saturated heterocycles. The van der Waals surface area contributed by atoms with Crippen molar-refractivity contribution in [3.63, 3.8) is 0 Å². The number of ether oxygens (including phenoxy) is 1. The molecule has 6 heteroatoms. The zero-order chi connectivity index (χ0) is 18.5. The third-order valence-corrected chi connectivity index (χ3v) is 3.84. The van der Waals surface area contributed by atoms with E-state index in [1.807, 2.05) is 54.6 Å². The molecule has 0 aliphatic heterocycles. The van der Waals surface area contributed by atoms with Gasteiger partial charge in [-0.15, -0.1) is 0 Å². The van der Waals surface area contributed by atoms with Crippen LogP contribution in [0.15, 0.2) is 60.7 Å². The predicted octanol–water partition coefficient (Wildman–Crippen LogP) is 3.68. The molecular weight excluding hydrogens is 330 g/mol. The van der Waals surface area contributed by atoms with Crippen molar-refractivity contribution in [2.24, 2.45) is 0 Å². The van der Waals surface area contributed by atoms with Gasteiger partial charge >= 0.3 is 0 Å². The van der Waals surface area contributed by atoms with Gasteiger partial charge in [-0.1, -0.05) is 30.3 Å². The summed E-state index contributed by atoms with van der Waals surface area (Å²) >= 11 is 0. The molecule has 0 spiro atoms. The lowest BCUT2D eigenvalue weighted by Gasteiger charge is -2.16. The molecule has 0 atom stereocenters. The summed E-state index contributed by atoms with van der Waals surface area (Å²) in [7, 11) is 1.70. The van der Waals surface area contributed by atoms with Gasteiger partial charge in [0.2, 0.25) is 0 Å². The third kappa shape index (κ3) is 4.16. The Kier molecular flexibility index (Phi) is 5.12. The number of nitrogens with one attached hydrogen (secondary N) is 1. The van der Waals surface area contributed by atoms with Crippen molar-refractivity contribution in [3.8, 4) is 11.5 Å². The molecule has 0 radical (unpaired) electrons. The van der Waals surface area contributed by atoms with Crippen LogP contribution in [-0.4, -0.2) is 33.8 Å². The first-order valence-corrected chi connectivity index (χ1v) is 8.16. The van der Waals surface area contributed by atoms with E-state index in [0.29, 0.717) is 12.2 Å². The zero-order valence-electron chi connectivity index (χ0n) is 14.6. The summed E-state index contributed by atoms with van der Waals surface area (Å²) in [6, 6.07) is 18.6. The summed E-state index contributed by atoms with van der Waals surface area (Å²) in [5.41, 5.74) is 1.51. The van der Waals surface area contributed by atoms with Crippen molar-refractivity contribution < 1.29 is 14.3 Å². The minimum atomic E-state index is -0.227. The molecule has 1 heterocycles. The summed E-state index contributed by atoms with van der Waals surface area (Å²) in [4.78, 5) is 25.3. The molecule has 0 unspecified atom stereocenters. The zero-order valence-corrected chi connectivity index (χ0v) is 14.6. The number of benzene rings is 2. The van der Waals surface area contributed by atoms with Gasteiger partial charge in [-0.25, -0.2) is 0 Å². The Morgan fingerprint density at radius 2 is 1.69 bits per heavy atom. The van der Waals surface area contributed by atoms with Crippen LogP contribution in [0.4, 0.5) is 0 Å². The lowest BCUT2D eigenvalue weighted by molar-refractivity contribution is 0.0779. The topological polar surface area (TPSA) is 75.3 Å². The number of carbonyl (C=O) groups is 2. The van der Waals surface area contributed by atoms with Crippen LogP contribution in [0.25, 0.3) is 0 Å². The Hall–Kier alpha value is -3.41. The van der Waals surface area contributed by atoms with Crippen LogP contribution in [0.3, 0.4) is 0 Å². The number of amides is 1. The Bertz CT molecular complexity index is 902. The molecule has 0 saturated carbocycles. The van der Waals surface area contributed by atoms with Gasteiger partial charge in [-0.2, -0.15) is 5.10 Å². The highest BCUT2D eigenvalue weighted by atomic mass is 16.5. The largest absolute Gasteiger partial charge is 0.457 e. The Morgan fingerprint density at radius 3 is 2.31 bits per heavy atom. The van der Waals surface area contributed by atoms with Crippen LogP contribution in [0.5, 0.6) is 11.5 Å². The van der Waals surface area contributed by atoms with E-state index in [4.69, 9.17) is 4.74 Å². The third-order valence-electron chi connectivity index (χ3n) is 3.84. The van der Waals surface area contributed by atoms with E-state index in [0.717, 1.165) is 17.1 Å². The fourth-order valence-corrected chi connectivity index (χ4v) is 2.45. The van der Waals surface area contributed by atoms with Crippen molar-refractivity contribution in [3.05, 3.63) is 77.6 Å². The van der Waals surface area contributed by atoms with Gasteiger partial charge in [0.15, 0.2) is 5.78 Å². The maximum atomic E-state index is 12.4. The number of H-pyrrole nitrogens is 1. The molecule has 1 amide bonds. The molecule has 0 aliphatic rings. The van der Waals surface area contributed by atoms with Crippen LogP contribution in [0, 0.1) is 0 Å². The molecule has 6 nitrogen and oxygen atoms in total. The van der Waals surface area contributed by atoms with Crippen molar-refractivity contribution in [1.82, 2.24) is 15.1 Å². The maximum Gasteiger partial charge on any atom is 0.271 e. The van der Waals surface area contributed by atoms with Crippen LogP contribution < -0.4 is 4.74 Å². The summed E-state index contributed by atoms with van der Waals surface area (Å²) in [6.45, 7) is 1.84. The molecule has 0 aliphatic carbocycles. The number of ketones is 1. The standard InChI is InChI=1S/C20H19N3O3/c1-14(24)18-12-19(22-21-18)20(25)23(2)13-15-8-10-17(11-9-15)26-16-6-4-3-5-7-16/h3-12H,13H2,1-2H3,(H,21,22). The summed E-state index contributed by atoms with van der Waals surface area (Å²) < 4.78 is 5.75. The lowest BCUT2D eigenvalue weighted by atomic mass is 10.2. The van der Waals surface area contributed by atoms with Crippen LogP contribution >= 0.6 is 0 Å². The van der Waals surface area contributed by atoms with Crippen LogP contribution in [0.1, 0.15) is 33.5 Å².